The first kappa shape index (κ1) is 13.9. The van der Waals surface area contributed by atoms with Crippen molar-refractivity contribution in [1.82, 2.24) is 4.98 Å². The van der Waals surface area contributed by atoms with E-state index in [2.05, 4.69) is 26.2 Å². The van der Waals surface area contributed by atoms with Gasteiger partial charge in [0, 0.05) is 18.3 Å². The van der Waals surface area contributed by atoms with Crippen molar-refractivity contribution in [3.05, 3.63) is 40.4 Å². The summed E-state index contributed by atoms with van der Waals surface area (Å²) >= 11 is 3.48. The molecule has 0 atom stereocenters. The van der Waals surface area contributed by atoms with Gasteiger partial charge >= 0.3 is 0 Å². The van der Waals surface area contributed by atoms with Crippen LogP contribution in [0.1, 0.15) is 5.56 Å². The van der Waals surface area contributed by atoms with Gasteiger partial charge in [-0.05, 0) is 58.7 Å². The van der Waals surface area contributed by atoms with Crippen LogP contribution in [0.4, 0.5) is 5.69 Å². The third kappa shape index (κ3) is 2.49. The van der Waals surface area contributed by atoms with E-state index in [0.29, 0.717) is 5.89 Å². The Balaban J connectivity index is 2.12. The van der Waals surface area contributed by atoms with Gasteiger partial charge in [-0.1, -0.05) is 0 Å². The third-order valence-electron chi connectivity index (χ3n) is 3.36. The van der Waals surface area contributed by atoms with E-state index in [9.17, 15) is 0 Å². The molecule has 0 amide bonds. The van der Waals surface area contributed by atoms with Gasteiger partial charge in [0.15, 0.2) is 5.58 Å². The number of methoxy groups -OCH3 is 1. The lowest BCUT2D eigenvalue weighted by Crippen LogP contribution is -1.88. The van der Waals surface area contributed by atoms with Crippen LogP contribution in [-0.2, 0) is 0 Å². The number of halogens is 1. The molecular formula is C16H15BrN2O2. The Kier molecular flexibility index (Phi) is 3.59. The van der Waals surface area contributed by atoms with Crippen molar-refractivity contribution in [3.8, 4) is 17.2 Å². The molecule has 0 aliphatic carbocycles. The smallest absolute Gasteiger partial charge is 0.227 e. The topological polar surface area (TPSA) is 47.3 Å². The summed E-state index contributed by atoms with van der Waals surface area (Å²) in [5, 5.41) is 3.13. The third-order valence-corrected chi connectivity index (χ3v) is 3.98. The molecule has 0 spiro atoms. The van der Waals surface area contributed by atoms with Crippen LogP contribution in [0.2, 0.25) is 0 Å². The number of fused-ring (bicyclic) bond motifs is 1. The Morgan fingerprint density at radius 3 is 2.71 bits per heavy atom. The Morgan fingerprint density at radius 2 is 2.05 bits per heavy atom. The van der Waals surface area contributed by atoms with Gasteiger partial charge in [0.05, 0.1) is 11.6 Å². The van der Waals surface area contributed by atoms with Crippen LogP contribution in [-0.4, -0.2) is 19.1 Å². The zero-order chi connectivity index (χ0) is 15.0. The highest BCUT2D eigenvalue weighted by molar-refractivity contribution is 9.10. The van der Waals surface area contributed by atoms with Crippen LogP contribution in [0, 0.1) is 6.92 Å². The van der Waals surface area contributed by atoms with E-state index >= 15 is 0 Å². The number of anilines is 1. The van der Waals surface area contributed by atoms with E-state index in [1.165, 1.54) is 0 Å². The fourth-order valence-corrected chi connectivity index (χ4v) is 2.81. The summed E-state index contributed by atoms with van der Waals surface area (Å²) in [5.41, 5.74) is 4.65. The van der Waals surface area contributed by atoms with Crippen LogP contribution >= 0.6 is 15.9 Å². The standard InChI is InChI=1S/C16H15BrN2O2/c1-9-6-11(18-2)8-13-15(9)21-16(19-13)10-4-5-14(20-3)12(17)7-10/h4-8,18H,1-3H3. The molecule has 0 saturated heterocycles. The maximum absolute atomic E-state index is 5.91. The number of hydrogen-bond acceptors (Lipinski definition) is 4. The van der Waals surface area contributed by atoms with E-state index in [0.717, 1.165) is 38.1 Å². The number of benzene rings is 2. The number of oxazole rings is 1. The van der Waals surface area contributed by atoms with Crippen molar-refractivity contribution in [2.24, 2.45) is 0 Å². The fraction of sp³-hybridized carbons (Fsp3) is 0.188. The molecule has 1 heterocycles. The summed E-state index contributed by atoms with van der Waals surface area (Å²) in [4.78, 5) is 4.58. The first-order chi connectivity index (χ1) is 10.1. The van der Waals surface area contributed by atoms with E-state index in [4.69, 9.17) is 9.15 Å². The van der Waals surface area contributed by atoms with Gasteiger partial charge in [0.2, 0.25) is 5.89 Å². The molecule has 1 N–H and O–H groups in total. The van der Waals surface area contributed by atoms with E-state index in [1.54, 1.807) is 7.11 Å². The molecule has 0 aliphatic heterocycles. The predicted octanol–water partition coefficient (Wildman–Crippen LogP) is 4.62. The largest absolute Gasteiger partial charge is 0.496 e. The van der Waals surface area contributed by atoms with Crippen LogP contribution in [0.3, 0.4) is 0 Å². The van der Waals surface area contributed by atoms with Gasteiger partial charge in [-0.25, -0.2) is 4.98 Å². The minimum Gasteiger partial charge on any atom is -0.496 e. The number of nitrogens with one attached hydrogen (secondary N) is 1. The van der Waals surface area contributed by atoms with E-state index in [-0.39, 0.29) is 0 Å². The summed E-state index contributed by atoms with van der Waals surface area (Å²) in [6.45, 7) is 2.02. The maximum atomic E-state index is 5.91. The molecule has 0 fully saturated rings. The summed E-state index contributed by atoms with van der Waals surface area (Å²) in [6.07, 6.45) is 0. The molecule has 0 saturated carbocycles. The molecule has 1 aromatic heterocycles. The van der Waals surface area contributed by atoms with Gasteiger partial charge < -0.3 is 14.5 Å². The molecule has 0 radical (unpaired) electrons. The molecule has 0 aliphatic rings. The quantitative estimate of drug-likeness (QED) is 0.751. The average molecular weight is 347 g/mol. The summed E-state index contributed by atoms with van der Waals surface area (Å²) in [5.74, 6) is 1.38. The van der Waals surface area contributed by atoms with Crippen molar-refractivity contribution in [3.63, 3.8) is 0 Å². The lowest BCUT2D eigenvalue weighted by molar-refractivity contribution is 0.412. The van der Waals surface area contributed by atoms with Gasteiger partial charge in [-0.3, -0.25) is 0 Å². The molecule has 3 aromatic rings. The van der Waals surface area contributed by atoms with Crippen molar-refractivity contribution in [1.29, 1.82) is 0 Å². The molecule has 0 unspecified atom stereocenters. The normalized spacial score (nSPS) is 10.9. The van der Waals surface area contributed by atoms with E-state index in [1.807, 2.05) is 44.3 Å². The van der Waals surface area contributed by atoms with Crippen molar-refractivity contribution < 1.29 is 9.15 Å². The van der Waals surface area contributed by atoms with Crippen LogP contribution in [0.5, 0.6) is 5.75 Å². The monoisotopic (exact) mass is 346 g/mol. The molecular weight excluding hydrogens is 332 g/mol. The molecule has 2 aromatic carbocycles. The van der Waals surface area contributed by atoms with Crippen LogP contribution in [0.25, 0.3) is 22.6 Å². The zero-order valence-corrected chi connectivity index (χ0v) is 13.6. The van der Waals surface area contributed by atoms with E-state index < -0.39 is 0 Å². The predicted molar refractivity (Wildman–Crippen MR) is 88.0 cm³/mol. The number of aryl methyl sites for hydroxylation is 1. The van der Waals surface area contributed by atoms with Crippen LogP contribution < -0.4 is 10.1 Å². The number of hydrogen-bond donors (Lipinski definition) is 1. The van der Waals surface area contributed by atoms with Gasteiger partial charge in [0.1, 0.15) is 11.3 Å². The Morgan fingerprint density at radius 1 is 1.24 bits per heavy atom. The van der Waals surface area contributed by atoms with Crippen molar-refractivity contribution >= 4 is 32.7 Å². The highest BCUT2D eigenvalue weighted by atomic mass is 79.9. The van der Waals surface area contributed by atoms with Gasteiger partial charge in [-0.2, -0.15) is 0 Å². The highest BCUT2D eigenvalue weighted by Gasteiger charge is 2.12. The Labute approximate surface area is 131 Å². The molecule has 0 bridgehead atoms. The molecule has 21 heavy (non-hydrogen) atoms. The second-order valence-electron chi connectivity index (χ2n) is 4.76. The Hall–Kier alpha value is -2.01. The second-order valence-corrected chi connectivity index (χ2v) is 5.61. The highest BCUT2D eigenvalue weighted by Crippen LogP contribution is 2.33. The molecule has 108 valence electrons. The number of nitrogens with zero attached hydrogens (tertiary/aromatic N) is 1. The minimum absolute atomic E-state index is 0.602. The summed E-state index contributed by atoms with van der Waals surface area (Å²) < 4.78 is 12.0. The number of aromatic nitrogens is 1. The molecule has 4 nitrogen and oxygen atoms in total. The van der Waals surface area contributed by atoms with Gasteiger partial charge in [-0.15, -0.1) is 0 Å². The number of ether oxygens (including phenoxy) is 1. The molecule has 3 rings (SSSR count). The lowest BCUT2D eigenvalue weighted by atomic mass is 10.2. The minimum atomic E-state index is 0.602. The van der Waals surface area contributed by atoms with Crippen LogP contribution in [0.15, 0.2) is 39.2 Å². The maximum Gasteiger partial charge on any atom is 0.227 e. The first-order valence-electron chi connectivity index (χ1n) is 6.55. The SMILES string of the molecule is CNc1cc(C)c2oc(-c3ccc(OC)c(Br)c3)nc2c1. The molecule has 5 heteroatoms. The Bertz CT molecular complexity index is 811. The van der Waals surface area contributed by atoms with Crippen molar-refractivity contribution in [2.45, 2.75) is 6.92 Å². The fourth-order valence-electron chi connectivity index (χ4n) is 2.27. The number of rotatable bonds is 3. The summed E-state index contributed by atoms with van der Waals surface area (Å²) in [7, 11) is 3.53. The average Bonchev–Trinajstić information content (AvgIpc) is 2.91. The first-order valence-corrected chi connectivity index (χ1v) is 7.34. The second kappa shape index (κ2) is 5.41. The van der Waals surface area contributed by atoms with Gasteiger partial charge in [0.25, 0.3) is 0 Å². The summed E-state index contributed by atoms with van der Waals surface area (Å²) in [6, 6.07) is 9.79. The lowest BCUT2D eigenvalue weighted by Gasteiger charge is -2.03. The van der Waals surface area contributed by atoms with Crippen molar-refractivity contribution in [2.75, 3.05) is 19.5 Å². The zero-order valence-electron chi connectivity index (χ0n) is 12.0.